The lowest BCUT2D eigenvalue weighted by molar-refractivity contribution is 0.461. The van der Waals surface area contributed by atoms with Crippen LogP contribution in [0.1, 0.15) is 31.2 Å². The first-order valence-electron chi connectivity index (χ1n) is 6.37. The summed E-state index contributed by atoms with van der Waals surface area (Å²) in [4.78, 5) is 0. The van der Waals surface area contributed by atoms with E-state index in [0.29, 0.717) is 18.5 Å². The number of rotatable bonds is 8. The molecule has 3 N–H and O–H groups in total. The molecule has 0 amide bonds. The first-order valence-corrected chi connectivity index (χ1v) is 6.37. The molecule has 1 aromatic rings. The van der Waals surface area contributed by atoms with Gasteiger partial charge in [0.1, 0.15) is 0 Å². The maximum absolute atomic E-state index is 5.79. The Kier molecular flexibility index (Phi) is 6.60. The van der Waals surface area contributed by atoms with Crippen LogP contribution in [0, 0.1) is 0 Å². The van der Waals surface area contributed by atoms with Crippen LogP contribution < -0.4 is 11.1 Å². The van der Waals surface area contributed by atoms with E-state index >= 15 is 0 Å². The van der Waals surface area contributed by atoms with E-state index in [1.165, 1.54) is 5.56 Å². The average Bonchev–Trinajstić information content (AvgIpc) is 2.38. The highest BCUT2D eigenvalue weighted by Gasteiger charge is 2.12. The van der Waals surface area contributed by atoms with Crippen LogP contribution in [0.25, 0.3) is 0 Å². The minimum Gasteiger partial charge on any atom is -0.329 e. The molecule has 0 radical (unpaired) electrons. The third-order valence-electron chi connectivity index (χ3n) is 3.07. The molecule has 0 spiro atoms. The molecule has 94 valence electrons. The van der Waals surface area contributed by atoms with Crippen LogP contribution in [-0.4, -0.2) is 19.1 Å². The highest BCUT2D eigenvalue weighted by molar-refractivity contribution is 5.18. The molecule has 2 unspecified atom stereocenters. The van der Waals surface area contributed by atoms with Gasteiger partial charge < -0.3 is 11.1 Å². The third-order valence-corrected chi connectivity index (χ3v) is 3.07. The van der Waals surface area contributed by atoms with Gasteiger partial charge in [-0.1, -0.05) is 43.3 Å². The lowest BCUT2D eigenvalue weighted by atomic mass is 9.94. The zero-order chi connectivity index (χ0) is 12.5. The van der Waals surface area contributed by atoms with Crippen LogP contribution in [-0.2, 0) is 0 Å². The van der Waals surface area contributed by atoms with Crippen molar-refractivity contribution >= 4 is 0 Å². The quantitative estimate of drug-likeness (QED) is 0.534. The Labute approximate surface area is 105 Å². The van der Waals surface area contributed by atoms with Crippen molar-refractivity contribution in [1.82, 2.24) is 5.32 Å². The Morgan fingerprint density at radius 3 is 2.65 bits per heavy atom. The molecule has 2 nitrogen and oxygen atoms in total. The smallest absolute Gasteiger partial charge is 0.0196 e. The maximum atomic E-state index is 5.79. The van der Waals surface area contributed by atoms with Crippen molar-refractivity contribution in [3.63, 3.8) is 0 Å². The SMILES string of the molecule is C=CCCNC(CN)CC(C)c1ccccc1. The summed E-state index contributed by atoms with van der Waals surface area (Å²) in [6.45, 7) is 7.63. The van der Waals surface area contributed by atoms with Gasteiger partial charge in [-0.2, -0.15) is 0 Å². The third kappa shape index (κ3) is 5.16. The highest BCUT2D eigenvalue weighted by atomic mass is 14.9. The normalized spacial score (nSPS) is 14.2. The van der Waals surface area contributed by atoms with Crippen molar-refractivity contribution < 1.29 is 0 Å². The molecule has 2 heteroatoms. The molecular weight excluding hydrogens is 208 g/mol. The van der Waals surface area contributed by atoms with Gasteiger partial charge >= 0.3 is 0 Å². The molecule has 0 saturated carbocycles. The van der Waals surface area contributed by atoms with Crippen LogP contribution in [0.5, 0.6) is 0 Å². The van der Waals surface area contributed by atoms with Gasteiger partial charge in [-0.15, -0.1) is 6.58 Å². The first kappa shape index (κ1) is 13.9. The van der Waals surface area contributed by atoms with Gasteiger partial charge in [0.05, 0.1) is 0 Å². The average molecular weight is 232 g/mol. The second-order valence-corrected chi connectivity index (χ2v) is 4.51. The molecule has 17 heavy (non-hydrogen) atoms. The van der Waals surface area contributed by atoms with Crippen molar-refractivity contribution in [2.24, 2.45) is 5.73 Å². The molecular formula is C15H24N2. The molecule has 0 heterocycles. The summed E-state index contributed by atoms with van der Waals surface area (Å²) >= 11 is 0. The number of nitrogens with two attached hydrogens (primary N) is 1. The summed E-state index contributed by atoms with van der Waals surface area (Å²) in [7, 11) is 0. The second-order valence-electron chi connectivity index (χ2n) is 4.51. The van der Waals surface area contributed by atoms with Gasteiger partial charge in [-0.25, -0.2) is 0 Å². The summed E-state index contributed by atoms with van der Waals surface area (Å²) < 4.78 is 0. The molecule has 2 atom stereocenters. The predicted molar refractivity (Wildman–Crippen MR) is 75.1 cm³/mol. The summed E-state index contributed by atoms with van der Waals surface area (Å²) in [5.74, 6) is 0.543. The Morgan fingerprint density at radius 2 is 2.06 bits per heavy atom. The van der Waals surface area contributed by atoms with E-state index in [9.17, 15) is 0 Å². The van der Waals surface area contributed by atoms with Crippen LogP contribution in [0.4, 0.5) is 0 Å². The number of nitrogens with one attached hydrogen (secondary N) is 1. The van der Waals surface area contributed by atoms with Crippen LogP contribution in [0.15, 0.2) is 43.0 Å². The van der Waals surface area contributed by atoms with Gasteiger partial charge in [-0.3, -0.25) is 0 Å². The standard InChI is InChI=1S/C15H24N2/c1-3-4-10-17-15(12-16)11-13(2)14-8-6-5-7-9-14/h3,5-9,13,15,17H,1,4,10-12,16H2,2H3. The fourth-order valence-electron chi connectivity index (χ4n) is 2.00. The fraction of sp³-hybridized carbons (Fsp3) is 0.467. The Morgan fingerprint density at radius 1 is 1.35 bits per heavy atom. The van der Waals surface area contributed by atoms with Gasteiger partial charge in [0, 0.05) is 12.6 Å². The van der Waals surface area contributed by atoms with Crippen molar-refractivity contribution in [2.75, 3.05) is 13.1 Å². The minimum absolute atomic E-state index is 0.394. The molecule has 0 bridgehead atoms. The van der Waals surface area contributed by atoms with E-state index < -0.39 is 0 Å². The predicted octanol–water partition coefficient (Wildman–Crippen LogP) is 2.67. The molecule has 0 aliphatic rings. The van der Waals surface area contributed by atoms with Crippen molar-refractivity contribution in [3.8, 4) is 0 Å². The monoisotopic (exact) mass is 232 g/mol. The largest absolute Gasteiger partial charge is 0.329 e. The number of hydrogen-bond donors (Lipinski definition) is 2. The van der Waals surface area contributed by atoms with Gasteiger partial charge in [-0.05, 0) is 30.9 Å². The molecule has 0 fully saturated rings. The summed E-state index contributed by atoms with van der Waals surface area (Å²) in [5.41, 5.74) is 7.18. The topological polar surface area (TPSA) is 38.0 Å². The van der Waals surface area contributed by atoms with Crippen LogP contribution in [0.2, 0.25) is 0 Å². The Balaban J connectivity index is 2.42. The van der Waals surface area contributed by atoms with Crippen LogP contribution >= 0.6 is 0 Å². The van der Waals surface area contributed by atoms with Crippen molar-refractivity contribution in [2.45, 2.75) is 31.7 Å². The lowest BCUT2D eigenvalue weighted by Crippen LogP contribution is -2.37. The summed E-state index contributed by atoms with van der Waals surface area (Å²) in [6.07, 6.45) is 4.01. The zero-order valence-electron chi connectivity index (χ0n) is 10.7. The van der Waals surface area contributed by atoms with E-state index in [2.05, 4.69) is 49.2 Å². The van der Waals surface area contributed by atoms with Gasteiger partial charge in [0.15, 0.2) is 0 Å². The van der Waals surface area contributed by atoms with Crippen molar-refractivity contribution in [3.05, 3.63) is 48.6 Å². The molecule has 0 saturated heterocycles. The first-order chi connectivity index (χ1) is 8.27. The van der Waals surface area contributed by atoms with E-state index in [-0.39, 0.29) is 0 Å². The fourth-order valence-corrected chi connectivity index (χ4v) is 2.00. The van der Waals surface area contributed by atoms with Gasteiger partial charge in [0.2, 0.25) is 0 Å². The van der Waals surface area contributed by atoms with Crippen molar-refractivity contribution in [1.29, 1.82) is 0 Å². The van der Waals surface area contributed by atoms with Crippen LogP contribution in [0.3, 0.4) is 0 Å². The summed E-state index contributed by atoms with van der Waals surface area (Å²) in [5, 5.41) is 3.47. The van der Waals surface area contributed by atoms with E-state index in [0.717, 1.165) is 19.4 Å². The maximum Gasteiger partial charge on any atom is 0.0196 e. The zero-order valence-corrected chi connectivity index (χ0v) is 10.7. The lowest BCUT2D eigenvalue weighted by Gasteiger charge is -2.21. The van der Waals surface area contributed by atoms with Gasteiger partial charge in [0.25, 0.3) is 0 Å². The molecule has 0 aliphatic heterocycles. The Bertz CT molecular complexity index is 308. The molecule has 0 aliphatic carbocycles. The van der Waals surface area contributed by atoms with E-state index in [1.54, 1.807) is 0 Å². The minimum atomic E-state index is 0.394. The molecule has 1 aromatic carbocycles. The summed E-state index contributed by atoms with van der Waals surface area (Å²) in [6, 6.07) is 11.0. The molecule has 1 rings (SSSR count). The highest BCUT2D eigenvalue weighted by Crippen LogP contribution is 2.19. The molecule has 0 aromatic heterocycles. The van der Waals surface area contributed by atoms with E-state index in [4.69, 9.17) is 5.73 Å². The second kappa shape index (κ2) is 8.04. The number of benzene rings is 1. The van der Waals surface area contributed by atoms with E-state index in [1.807, 2.05) is 6.08 Å². The number of hydrogen-bond acceptors (Lipinski definition) is 2. The Hall–Kier alpha value is -1.12.